The topological polar surface area (TPSA) is 58.6 Å². The predicted molar refractivity (Wildman–Crippen MR) is 116 cm³/mol. The number of halogens is 1. The Morgan fingerprint density at radius 2 is 1.86 bits per heavy atom. The van der Waals surface area contributed by atoms with E-state index in [-0.39, 0.29) is 17.9 Å². The minimum atomic E-state index is -0.918. The fourth-order valence-corrected chi connectivity index (χ4v) is 5.40. The van der Waals surface area contributed by atoms with Crippen molar-refractivity contribution in [3.05, 3.63) is 93.0 Å². The third kappa shape index (κ3) is 2.84. The summed E-state index contributed by atoms with van der Waals surface area (Å²) in [6, 6.07) is 20.0. The van der Waals surface area contributed by atoms with Crippen molar-refractivity contribution in [2.24, 2.45) is 5.92 Å². The minimum Gasteiger partial charge on any atom is -0.496 e. The number of methoxy groups -OCH3 is 1. The van der Waals surface area contributed by atoms with Crippen molar-refractivity contribution in [3.8, 4) is 5.75 Å². The summed E-state index contributed by atoms with van der Waals surface area (Å²) in [6.45, 7) is 0. The van der Waals surface area contributed by atoms with E-state index in [9.17, 15) is 9.90 Å². The van der Waals surface area contributed by atoms with Gasteiger partial charge in [-0.2, -0.15) is 0 Å². The summed E-state index contributed by atoms with van der Waals surface area (Å²) in [5.41, 5.74) is 5.74. The Hall–Kier alpha value is -2.79. The van der Waals surface area contributed by atoms with Crippen LogP contribution in [0.15, 0.2) is 65.1 Å². The molecule has 0 fully saturated rings. The van der Waals surface area contributed by atoms with Gasteiger partial charge in [0.05, 0.1) is 24.4 Å². The molecular formula is C24H20BrNO3. The lowest BCUT2D eigenvalue weighted by Crippen LogP contribution is -2.31. The maximum Gasteiger partial charge on any atom is 0.337 e. The van der Waals surface area contributed by atoms with Gasteiger partial charge in [-0.15, -0.1) is 0 Å². The van der Waals surface area contributed by atoms with E-state index in [2.05, 4.69) is 57.6 Å². The largest absolute Gasteiger partial charge is 0.496 e. The van der Waals surface area contributed by atoms with Crippen LogP contribution in [0.3, 0.4) is 0 Å². The molecule has 4 nitrogen and oxygen atoms in total. The number of carboxylic acid groups (broad SMARTS) is 1. The number of ether oxygens (including phenoxy) is 1. The second kappa shape index (κ2) is 6.92. The molecule has 3 aromatic carbocycles. The molecule has 3 aromatic rings. The first-order valence-corrected chi connectivity index (χ1v) is 10.4. The lowest BCUT2D eigenvalue weighted by Gasteiger charge is -2.39. The SMILES string of the molecule is COc1ccc(Br)cc1[C@@H]1Nc2c(C(=O)O)cccc2[C@H]2c3ccccc3C[C@H]21. The number of carboxylic acids is 1. The van der Waals surface area contributed by atoms with E-state index in [0.717, 1.165) is 27.8 Å². The van der Waals surface area contributed by atoms with Crippen LogP contribution in [0.4, 0.5) is 5.69 Å². The molecule has 1 aliphatic heterocycles. The van der Waals surface area contributed by atoms with Crippen LogP contribution < -0.4 is 10.1 Å². The number of aromatic carboxylic acids is 1. The molecule has 0 bridgehead atoms. The van der Waals surface area contributed by atoms with Gasteiger partial charge in [0.2, 0.25) is 0 Å². The number of benzene rings is 3. The monoisotopic (exact) mass is 449 g/mol. The first-order valence-electron chi connectivity index (χ1n) is 9.62. The molecule has 2 N–H and O–H groups in total. The van der Waals surface area contributed by atoms with Gasteiger partial charge in [0, 0.05) is 16.0 Å². The van der Waals surface area contributed by atoms with Crippen LogP contribution in [0.1, 0.15) is 44.6 Å². The third-order valence-corrected chi connectivity index (χ3v) is 6.68. The van der Waals surface area contributed by atoms with Gasteiger partial charge in [0.15, 0.2) is 0 Å². The minimum absolute atomic E-state index is 0.0622. The summed E-state index contributed by atoms with van der Waals surface area (Å²) in [4.78, 5) is 12.0. The van der Waals surface area contributed by atoms with Gasteiger partial charge in [-0.1, -0.05) is 52.3 Å². The highest BCUT2D eigenvalue weighted by molar-refractivity contribution is 9.10. The molecule has 1 aliphatic carbocycles. The second-order valence-corrected chi connectivity index (χ2v) is 8.54. The molecule has 0 aromatic heterocycles. The van der Waals surface area contributed by atoms with E-state index < -0.39 is 5.97 Å². The van der Waals surface area contributed by atoms with Crippen molar-refractivity contribution >= 4 is 27.6 Å². The van der Waals surface area contributed by atoms with Crippen LogP contribution in [-0.2, 0) is 6.42 Å². The van der Waals surface area contributed by atoms with Gasteiger partial charge < -0.3 is 15.2 Å². The van der Waals surface area contributed by atoms with Gasteiger partial charge in [0.1, 0.15) is 5.75 Å². The fourth-order valence-electron chi connectivity index (χ4n) is 5.02. The maximum atomic E-state index is 12.0. The smallest absolute Gasteiger partial charge is 0.337 e. The molecule has 5 rings (SSSR count). The number of rotatable bonds is 3. The Bertz CT molecular complexity index is 1130. The van der Waals surface area contributed by atoms with Gasteiger partial charge in [-0.05, 0) is 53.3 Å². The molecule has 0 radical (unpaired) electrons. The van der Waals surface area contributed by atoms with E-state index in [1.54, 1.807) is 13.2 Å². The van der Waals surface area contributed by atoms with Crippen LogP contribution in [-0.4, -0.2) is 18.2 Å². The highest BCUT2D eigenvalue weighted by Crippen LogP contribution is 2.55. The maximum absolute atomic E-state index is 12.0. The molecule has 3 atom stereocenters. The van der Waals surface area contributed by atoms with Crippen molar-refractivity contribution in [1.82, 2.24) is 0 Å². The van der Waals surface area contributed by atoms with Crippen LogP contribution in [0, 0.1) is 5.92 Å². The zero-order chi connectivity index (χ0) is 20.1. The van der Waals surface area contributed by atoms with Gasteiger partial charge >= 0.3 is 5.97 Å². The molecule has 1 heterocycles. The summed E-state index contributed by atoms with van der Waals surface area (Å²) >= 11 is 3.59. The number of hydrogen-bond acceptors (Lipinski definition) is 3. The van der Waals surface area contributed by atoms with E-state index in [1.165, 1.54) is 11.1 Å². The van der Waals surface area contributed by atoms with Crippen molar-refractivity contribution in [1.29, 1.82) is 0 Å². The zero-order valence-electron chi connectivity index (χ0n) is 15.9. The van der Waals surface area contributed by atoms with Gasteiger partial charge in [-0.25, -0.2) is 4.79 Å². The van der Waals surface area contributed by atoms with E-state index in [4.69, 9.17) is 4.74 Å². The normalized spacial score (nSPS) is 21.5. The molecule has 0 unspecified atom stereocenters. The third-order valence-electron chi connectivity index (χ3n) is 6.19. The Labute approximate surface area is 177 Å². The molecule has 0 saturated heterocycles. The average Bonchev–Trinajstić information content (AvgIpc) is 3.12. The number of para-hydroxylation sites is 1. The first-order chi connectivity index (χ1) is 14.1. The number of carbonyl (C=O) groups is 1. The van der Waals surface area contributed by atoms with Crippen molar-refractivity contribution in [2.45, 2.75) is 18.4 Å². The van der Waals surface area contributed by atoms with Crippen molar-refractivity contribution in [2.75, 3.05) is 12.4 Å². The molecule has 5 heteroatoms. The molecular weight excluding hydrogens is 430 g/mol. The van der Waals surface area contributed by atoms with Crippen LogP contribution >= 0.6 is 15.9 Å². The van der Waals surface area contributed by atoms with Crippen LogP contribution in [0.2, 0.25) is 0 Å². The zero-order valence-corrected chi connectivity index (χ0v) is 17.4. The first kappa shape index (κ1) is 18.3. The highest BCUT2D eigenvalue weighted by Gasteiger charge is 2.45. The van der Waals surface area contributed by atoms with Crippen molar-refractivity contribution in [3.63, 3.8) is 0 Å². The van der Waals surface area contributed by atoms with Crippen molar-refractivity contribution < 1.29 is 14.6 Å². The molecule has 0 saturated carbocycles. The number of fused-ring (bicyclic) bond motifs is 5. The van der Waals surface area contributed by atoms with Gasteiger partial charge in [0.25, 0.3) is 0 Å². The number of hydrogen-bond donors (Lipinski definition) is 2. The predicted octanol–water partition coefficient (Wildman–Crippen LogP) is 5.63. The van der Waals surface area contributed by atoms with Crippen LogP contribution in [0.25, 0.3) is 0 Å². The molecule has 2 aliphatic rings. The Morgan fingerprint density at radius 1 is 1.07 bits per heavy atom. The summed E-state index contributed by atoms with van der Waals surface area (Å²) in [6.07, 6.45) is 0.935. The quantitative estimate of drug-likeness (QED) is 0.544. The highest BCUT2D eigenvalue weighted by atomic mass is 79.9. The number of nitrogens with one attached hydrogen (secondary N) is 1. The van der Waals surface area contributed by atoms with E-state index >= 15 is 0 Å². The van der Waals surface area contributed by atoms with E-state index in [0.29, 0.717) is 11.3 Å². The fraction of sp³-hybridized carbons (Fsp3) is 0.208. The molecule has 0 amide bonds. The summed E-state index contributed by atoms with van der Waals surface area (Å²) in [5, 5.41) is 13.4. The summed E-state index contributed by atoms with van der Waals surface area (Å²) in [5.74, 6) is 0.304. The average molecular weight is 450 g/mol. The Morgan fingerprint density at radius 3 is 2.66 bits per heavy atom. The lowest BCUT2D eigenvalue weighted by atomic mass is 9.75. The number of anilines is 1. The Kier molecular flexibility index (Phi) is 4.36. The molecule has 0 spiro atoms. The standard InChI is InChI=1S/C24H20BrNO3/c1-29-20-10-9-14(25)12-18(20)23-19-11-13-5-2-3-6-15(13)21(19)16-7-4-8-17(24(27)28)22(16)26-23/h2-10,12,19,21,23,26H,11H2,1H3,(H,27,28)/t19-,21-,23+/m1/s1. The Balaban J connectivity index is 1.75. The molecule has 29 heavy (non-hydrogen) atoms. The lowest BCUT2D eigenvalue weighted by molar-refractivity contribution is 0.0697. The second-order valence-electron chi connectivity index (χ2n) is 7.63. The summed E-state index contributed by atoms with van der Waals surface area (Å²) < 4.78 is 6.64. The molecule has 146 valence electrons. The van der Waals surface area contributed by atoms with Crippen LogP contribution in [0.5, 0.6) is 5.75 Å². The van der Waals surface area contributed by atoms with E-state index in [1.807, 2.05) is 18.2 Å². The summed E-state index contributed by atoms with van der Waals surface area (Å²) in [7, 11) is 1.67. The van der Waals surface area contributed by atoms with Gasteiger partial charge in [-0.3, -0.25) is 0 Å².